The van der Waals surface area contributed by atoms with E-state index in [9.17, 15) is 0 Å². The minimum atomic E-state index is -0.105. The van der Waals surface area contributed by atoms with Gasteiger partial charge in [0.15, 0.2) is 5.58 Å². The molecule has 2 heteroatoms. The summed E-state index contributed by atoms with van der Waals surface area (Å²) in [5, 5.41) is 7.45. The molecule has 0 atom stereocenters. The lowest BCUT2D eigenvalue weighted by atomic mass is 9.80. The van der Waals surface area contributed by atoms with Crippen LogP contribution in [-0.2, 0) is 5.41 Å². The summed E-state index contributed by atoms with van der Waals surface area (Å²) in [5.74, 6) is 0. The zero-order valence-electron chi connectivity index (χ0n) is 25.1. The van der Waals surface area contributed by atoms with E-state index in [1.807, 2.05) is 0 Å². The molecule has 7 aromatic carbocycles. The molecule has 0 spiro atoms. The first-order chi connectivity index (χ1) is 21.5. The SMILES string of the molecule is Cc1cccc2c1oc1c(N(c3ccccc3)c3ccc4c5c(ccc4c3)-c3c(ccc4ccccc34)C5(C)C)cccc12. The molecule has 1 heterocycles. The van der Waals surface area contributed by atoms with Crippen LogP contribution in [0.1, 0.15) is 30.5 Å². The Morgan fingerprint density at radius 3 is 2.14 bits per heavy atom. The number of benzene rings is 7. The van der Waals surface area contributed by atoms with Gasteiger partial charge in [0.25, 0.3) is 0 Å². The molecule has 0 radical (unpaired) electrons. The highest BCUT2D eigenvalue weighted by Crippen LogP contribution is 2.54. The molecule has 0 saturated carbocycles. The molecule has 0 amide bonds. The van der Waals surface area contributed by atoms with E-state index in [0.717, 1.165) is 44.6 Å². The van der Waals surface area contributed by atoms with Crippen molar-refractivity contribution in [3.8, 4) is 11.1 Å². The number of hydrogen-bond donors (Lipinski definition) is 0. The second kappa shape index (κ2) is 9.08. The topological polar surface area (TPSA) is 16.4 Å². The van der Waals surface area contributed by atoms with Crippen molar-refractivity contribution in [3.63, 3.8) is 0 Å². The van der Waals surface area contributed by atoms with Gasteiger partial charge < -0.3 is 9.32 Å². The van der Waals surface area contributed by atoms with Crippen molar-refractivity contribution in [2.75, 3.05) is 4.90 Å². The number of fused-ring (bicyclic) bond motifs is 10. The minimum Gasteiger partial charge on any atom is -0.454 e. The van der Waals surface area contributed by atoms with Gasteiger partial charge in [0, 0.05) is 27.6 Å². The fraction of sp³-hybridized carbons (Fsp3) is 0.0952. The molecular weight excluding hydrogens is 534 g/mol. The number of aryl methyl sites for hydroxylation is 1. The number of para-hydroxylation sites is 3. The molecule has 1 aliphatic carbocycles. The summed E-state index contributed by atoms with van der Waals surface area (Å²) < 4.78 is 6.64. The summed E-state index contributed by atoms with van der Waals surface area (Å²) in [7, 11) is 0. The zero-order chi connectivity index (χ0) is 29.6. The summed E-state index contributed by atoms with van der Waals surface area (Å²) in [5.41, 5.74) is 11.7. The molecule has 8 aromatic rings. The maximum atomic E-state index is 6.64. The predicted octanol–water partition coefficient (Wildman–Crippen LogP) is 12.0. The van der Waals surface area contributed by atoms with Gasteiger partial charge in [0.2, 0.25) is 0 Å². The molecule has 44 heavy (non-hydrogen) atoms. The third kappa shape index (κ3) is 3.43. The summed E-state index contributed by atoms with van der Waals surface area (Å²) in [6.07, 6.45) is 0. The summed E-state index contributed by atoms with van der Waals surface area (Å²) in [6, 6.07) is 48.5. The van der Waals surface area contributed by atoms with Gasteiger partial charge in [0.05, 0.1) is 5.69 Å². The molecule has 0 saturated heterocycles. The molecule has 0 bridgehead atoms. The zero-order valence-corrected chi connectivity index (χ0v) is 25.1. The van der Waals surface area contributed by atoms with Gasteiger partial charge in [-0.1, -0.05) is 117 Å². The number of hydrogen-bond acceptors (Lipinski definition) is 2. The van der Waals surface area contributed by atoms with E-state index >= 15 is 0 Å². The Labute approximate surface area is 256 Å². The molecule has 1 aliphatic rings. The van der Waals surface area contributed by atoms with Crippen LogP contribution in [0.3, 0.4) is 0 Å². The van der Waals surface area contributed by atoms with Crippen LogP contribution in [0.25, 0.3) is 54.6 Å². The average molecular weight is 566 g/mol. The molecule has 210 valence electrons. The van der Waals surface area contributed by atoms with Crippen LogP contribution in [0.5, 0.6) is 0 Å². The smallest absolute Gasteiger partial charge is 0.159 e. The highest BCUT2D eigenvalue weighted by molar-refractivity contribution is 6.12. The molecular formula is C42H31NO. The third-order valence-electron chi connectivity index (χ3n) is 9.71. The van der Waals surface area contributed by atoms with Gasteiger partial charge in [0.1, 0.15) is 5.58 Å². The molecule has 9 rings (SSSR count). The van der Waals surface area contributed by atoms with Gasteiger partial charge >= 0.3 is 0 Å². The largest absolute Gasteiger partial charge is 0.454 e. The van der Waals surface area contributed by atoms with Crippen LogP contribution in [0.15, 0.2) is 138 Å². The fourth-order valence-electron chi connectivity index (χ4n) is 7.68. The van der Waals surface area contributed by atoms with Gasteiger partial charge in [-0.2, -0.15) is 0 Å². The maximum Gasteiger partial charge on any atom is 0.159 e. The molecule has 1 aromatic heterocycles. The van der Waals surface area contributed by atoms with Crippen molar-refractivity contribution >= 4 is 60.5 Å². The minimum absolute atomic E-state index is 0.105. The lowest BCUT2D eigenvalue weighted by molar-refractivity contribution is 0.666. The molecule has 0 N–H and O–H groups in total. The first kappa shape index (κ1) is 25.2. The van der Waals surface area contributed by atoms with Crippen LogP contribution in [0.4, 0.5) is 17.1 Å². The predicted molar refractivity (Wildman–Crippen MR) is 186 cm³/mol. The van der Waals surface area contributed by atoms with E-state index < -0.39 is 0 Å². The number of anilines is 3. The Balaban J connectivity index is 1.28. The van der Waals surface area contributed by atoms with Crippen molar-refractivity contribution in [2.45, 2.75) is 26.2 Å². The van der Waals surface area contributed by atoms with E-state index in [2.05, 4.69) is 159 Å². The summed E-state index contributed by atoms with van der Waals surface area (Å²) >= 11 is 0. The standard InChI is InChI=1S/C42H31NO/c1-26-11-9-16-33-34-17-10-18-37(41(34)44-40(26)33)43(29-13-5-4-6-14-29)30-21-23-32-28(25-30)19-22-35-38-31-15-8-7-12-27(31)20-24-36(38)42(2,3)39(32)35/h4-25H,1-3H3. The third-order valence-corrected chi connectivity index (χ3v) is 9.71. The normalized spacial score (nSPS) is 13.5. The monoisotopic (exact) mass is 565 g/mol. The first-order valence-corrected chi connectivity index (χ1v) is 15.4. The van der Waals surface area contributed by atoms with Crippen molar-refractivity contribution in [3.05, 3.63) is 150 Å². The average Bonchev–Trinajstić information content (AvgIpc) is 3.56. The Bertz CT molecular complexity index is 2430. The highest BCUT2D eigenvalue weighted by atomic mass is 16.3. The van der Waals surface area contributed by atoms with Gasteiger partial charge in [-0.3, -0.25) is 0 Å². The van der Waals surface area contributed by atoms with Crippen molar-refractivity contribution in [1.82, 2.24) is 0 Å². The molecule has 2 nitrogen and oxygen atoms in total. The van der Waals surface area contributed by atoms with E-state index in [0.29, 0.717) is 0 Å². The van der Waals surface area contributed by atoms with E-state index in [4.69, 9.17) is 4.42 Å². The van der Waals surface area contributed by atoms with Crippen molar-refractivity contribution in [2.24, 2.45) is 0 Å². The molecule has 0 fully saturated rings. The van der Waals surface area contributed by atoms with Gasteiger partial charge in [-0.15, -0.1) is 0 Å². The van der Waals surface area contributed by atoms with Crippen molar-refractivity contribution in [1.29, 1.82) is 0 Å². The quantitative estimate of drug-likeness (QED) is 0.212. The molecule has 0 unspecified atom stereocenters. The van der Waals surface area contributed by atoms with E-state index in [1.165, 1.54) is 43.8 Å². The Kier molecular flexibility index (Phi) is 5.20. The van der Waals surface area contributed by atoms with Crippen LogP contribution in [0, 0.1) is 6.92 Å². The molecule has 0 aliphatic heterocycles. The number of furan rings is 1. The van der Waals surface area contributed by atoms with E-state index in [1.54, 1.807) is 0 Å². The van der Waals surface area contributed by atoms with Crippen LogP contribution in [0.2, 0.25) is 0 Å². The highest BCUT2D eigenvalue weighted by Gasteiger charge is 2.37. The number of rotatable bonds is 3. The van der Waals surface area contributed by atoms with Crippen LogP contribution >= 0.6 is 0 Å². The second-order valence-electron chi connectivity index (χ2n) is 12.6. The number of nitrogens with zero attached hydrogens (tertiary/aromatic N) is 1. The second-order valence-corrected chi connectivity index (χ2v) is 12.6. The Morgan fingerprint density at radius 2 is 1.27 bits per heavy atom. The Morgan fingerprint density at radius 1 is 0.545 bits per heavy atom. The maximum absolute atomic E-state index is 6.64. The van der Waals surface area contributed by atoms with E-state index in [-0.39, 0.29) is 5.41 Å². The lowest BCUT2D eigenvalue weighted by Crippen LogP contribution is -2.15. The summed E-state index contributed by atoms with van der Waals surface area (Å²) in [6.45, 7) is 6.87. The van der Waals surface area contributed by atoms with Crippen molar-refractivity contribution < 1.29 is 4.42 Å². The first-order valence-electron chi connectivity index (χ1n) is 15.4. The van der Waals surface area contributed by atoms with Crippen LogP contribution in [-0.4, -0.2) is 0 Å². The van der Waals surface area contributed by atoms with Gasteiger partial charge in [-0.25, -0.2) is 0 Å². The summed E-state index contributed by atoms with van der Waals surface area (Å²) in [4.78, 5) is 2.33. The van der Waals surface area contributed by atoms with Gasteiger partial charge in [-0.05, 0) is 86.6 Å². The Hall–Kier alpha value is -5.34. The fourth-order valence-corrected chi connectivity index (χ4v) is 7.68. The van der Waals surface area contributed by atoms with Crippen LogP contribution < -0.4 is 4.90 Å². The lowest BCUT2D eigenvalue weighted by Gasteiger charge is -2.27.